The van der Waals surface area contributed by atoms with Crippen LogP contribution in [0.15, 0.2) is 63.9 Å². The highest BCUT2D eigenvalue weighted by molar-refractivity contribution is 9.10. The second kappa shape index (κ2) is 8.48. The second-order valence-electron chi connectivity index (χ2n) is 6.50. The maximum absolute atomic E-state index is 14.0. The lowest BCUT2D eigenvalue weighted by atomic mass is 10.1. The van der Waals surface area contributed by atoms with Crippen LogP contribution in [0.2, 0.25) is 0 Å². The van der Waals surface area contributed by atoms with Crippen LogP contribution in [0.25, 0.3) is 0 Å². The molecule has 1 unspecified atom stereocenters. The van der Waals surface area contributed by atoms with Crippen LogP contribution in [0.5, 0.6) is 0 Å². The maximum Gasteiger partial charge on any atom is 0.271 e. The van der Waals surface area contributed by atoms with E-state index in [1.165, 1.54) is 6.07 Å². The Bertz CT molecular complexity index is 1060. The number of rotatable bonds is 5. The summed E-state index contributed by atoms with van der Waals surface area (Å²) in [4.78, 5) is 25.5. The Labute approximate surface area is 170 Å². The Morgan fingerprint density at radius 1 is 1.18 bits per heavy atom. The molecule has 0 aliphatic heterocycles. The third-order valence-electron chi connectivity index (χ3n) is 4.33. The highest BCUT2D eigenvalue weighted by atomic mass is 79.9. The minimum absolute atomic E-state index is 0.135. The van der Waals surface area contributed by atoms with Crippen molar-refractivity contribution in [3.8, 4) is 0 Å². The van der Waals surface area contributed by atoms with Crippen LogP contribution >= 0.6 is 15.9 Å². The topological polar surface area (TPSA) is 64.0 Å². The van der Waals surface area contributed by atoms with E-state index in [1.807, 2.05) is 12.1 Å². The Kier molecular flexibility index (Phi) is 6.04. The Morgan fingerprint density at radius 2 is 1.86 bits per heavy atom. The average Bonchev–Trinajstić information content (AvgIpc) is 2.67. The number of amides is 1. The van der Waals surface area contributed by atoms with E-state index in [0.29, 0.717) is 22.5 Å². The van der Waals surface area contributed by atoms with Crippen molar-refractivity contribution >= 4 is 27.5 Å². The fourth-order valence-corrected chi connectivity index (χ4v) is 3.10. The summed E-state index contributed by atoms with van der Waals surface area (Å²) < 4.78 is 16.0. The summed E-state index contributed by atoms with van der Waals surface area (Å²) in [6, 6.07) is 14.3. The van der Waals surface area contributed by atoms with Gasteiger partial charge in [0.2, 0.25) is 5.91 Å². The molecule has 1 atom stereocenters. The monoisotopic (exact) mass is 443 g/mol. The van der Waals surface area contributed by atoms with Crippen LogP contribution in [0.1, 0.15) is 29.8 Å². The van der Waals surface area contributed by atoms with E-state index in [0.717, 1.165) is 9.15 Å². The molecule has 144 valence electrons. The smallest absolute Gasteiger partial charge is 0.271 e. The van der Waals surface area contributed by atoms with Gasteiger partial charge in [-0.3, -0.25) is 9.59 Å². The molecule has 3 aromatic rings. The van der Waals surface area contributed by atoms with Crippen molar-refractivity contribution in [2.75, 3.05) is 5.32 Å². The SMILES string of the molecule is Cc1cc(Cc2ccccc2F)c(=O)n(C(C)C(=O)Nc2ccc(Br)cc2)n1. The molecule has 0 bridgehead atoms. The van der Waals surface area contributed by atoms with Crippen LogP contribution in [0.4, 0.5) is 10.1 Å². The predicted octanol–water partition coefficient (Wildman–Crippen LogP) is 4.24. The van der Waals surface area contributed by atoms with Crippen molar-refractivity contribution in [1.29, 1.82) is 0 Å². The first-order chi connectivity index (χ1) is 13.3. The van der Waals surface area contributed by atoms with Crippen molar-refractivity contribution in [2.24, 2.45) is 0 Å². The van der Waals surface area contributed by atoms with Gasteiger partial charge in [0.25, 0.3) is 5.56 Å². The van der Waals surface area contributed by atoms with Crippen molar-refractivity contribution in [3.63, 3.8) is 0 Å². The zero-order chi connectivity index (χ0) is 20.3. The van der Waals surface area contributed by atoms with Gasteiger partial charge in [0, 0.05) is 22.1 Å². The summed E-state index contributed by atoms with van der Waals surface area (Å²) in [5, 5.41) is 6.99. The molecule has 0 aliphatic rings. The molecular formula is C21H19BrFN3O2. The van der Waals surface area contributed by atoms with E-state index in [1.54, 1.807) is 50.2 Å². The van der Waals surface area contributed by atoms with E-state index < -0.39 is 11.6 Å². The molecule has 1 heterocycles. The zero-order valence-electron chi connectivity index (χ0n) is 15.4. The number of carbonyl (C=O) groups excluding carboxylic acids is 1. The Balaban J connectivity index is 1.87. The normalized spacial score (nSPS) is 11.9. The first kappa shape index (κ1) is 19.9. The summed E-state index contributed by atoms with van der Waals surface area (Å²) in [6.45, 7) is 3.34. The van der Waals surface area contributed by atoms with Crippen LogP contribution in [0.3, 0.4) is 0 Å². The number of aryl methyl sites for hydroxylation is 1. The molecular weight excluding hydrogens is 425 g/mol. The molecule has 5 nitrogen and oxygen atoms in total. The highest BCUT2D eigenvalue weighted by Gasteiger charge is 2.20. The average molecular weight is 444 g/mol. The summed E-state index contributed by atoms with van der Waals surface area (Å²) in [6.07, 6.45) is 0.135. The van der Waals surface area contributed by atoms with Crippen LogP contribution in [-0.4, -0.2) is 15.7 Å². The summed E-state index contributed by atoms with van der Waals surface area (Å²) in [5.41, 5.74) is 1.60. The summed E-state index contributed by atoms with van der Waals surface area (Å²) >= 11 is 3.34. The molecule has 0 spiro atoms. The third kappa shape index (κ3) is 4.54. The molecule has 0 aliphatic carbocycles. The molecule has 7 heteroatoms. The van der Waals surface area contributed by atoms with E-state index in [2.05, 4.69) is 26.3 Å². The van der Waals surface area contributed by atoms with Crippen molar-refractivity contribution in [3.05, 3.63) is 92.1 Å². The minimum Gasteiger partial charge on any atom is -0.324 e. The van der Waals surface area contributed by atoms with Gasteiger partial charge in [-0.15, -0.1) is 0 Å². The molecule has 1 amide bonds. The fourth-order valence-electron chi connectivity index (χ4n) is 2.83. The minimum atomic E-state index is -0.824. The molecule has 2 aromatic carbocycles. The van der Waals surface area contributed by atoms with Crippen LogP contribution in [0, 0.1) is 12.7 Å². The predicted molar refractivity (Wildman–Crippen MR) is 110 cm³/mol. The standard InChI is InChI=1S/C21H19BrFN3O2/c1-13-11-16(12-15-5-3-4-6-19(15)23)21(28)26(25-13)14(2)20(27)24-18-9-7-17(22)8-10-18/h3-11,14H,12H2,1-2H3,(H,24,27). The molecule has 0 radical (unpaired) electrons. The van der Waals surface area contributed by atoms with E-state index in [4.69, 9.17) is 0 Å². The van der Waals surface area contributed by atoms with Gasteiger partial charge in [0.15, 0.2) is 0 Å². The number of benzene rings is 2. The number of hydrogen-bond acceptors (Lipinski definition) is 3. The van der Waals surface area contributed by atoms with Gasteiger partial charge >= 0.3 is 0 Å². The molecule has 0 saturated heterocycles. The largest absolute Gasteiger partial charge is 0.324 e. The van der Waals surface area contributed by atoms with E-state index in [9.17, 15) is 14.0 Å². The first-order valence-electron chi connectivity index (χ1n) is 8.74. The number of hydrogen-bond donors (Lipinski definition) is 1. The number of anilines is 1. The third-order valence-corrected chi connectivity index (χ3v) is 4.86. The van der Waals surface area contributed by atoms with Gasteiger partial charge in [-0.25, -0.2) is 9.07 Å². The molecule has 1 N–H and O–H groups in total. The number of nitrogens with zero attached hydrogens (tertiary/aromatic N) is 2. The quantitative estimate of drug-likeness (QED) is 0.640. The van der Waals surface area contributed by atoms with Crippen molar-refractivity contribution in [2.45, 2.75) is 26.3 Å². The Hall–Kier alpha value is -2.80. The number of nitrogens with one attached hydrogen (secondary N) is 1. The van der Waals surface area contributed by atoms with Gasteiger partial charge in [-0.1, -0.05) is 34.1 Å². The summed E-state index contributed by atoms with van der Waals surface area (Å²) in [5.74, 6) is -0.733. The van der Waals surface area contributed by atoms with E-state index in [-0.39, 0.29) is 18.1 Å². The molecule has 0 saturated carbocycles. The van der Waals surface area contributed by atoms with Gasteiger partial charge < -0.3 is 5.32 Å². The van der Waals surface area contributed by atoms with Crippen LogP contribution < -0.4 is 10.9 Å². The number of halogens is 2. The number of aromatic nitrogens is 2. The second-order valence-corrected chi connectivity index (χ2v) is 7.42. The van der Waals surface area contributed by atoms with Gasteiger partial charge in [-0.2, -0.15) is 5.10 Å². The maximum atomic E-state index is 14.0. The van der Waals surface area contributed by atoms with Gasteiger partial charge in [0.1, 0.15) is 11.9 Å². The molecule has 1 aromatic heterocycles. The fraction of sp³-hybridized carbons (Fsp3) is 0.190. The lowest BCUT2D eigenvalue weighted by Gasteiger charge is -2.16. The molecule has 3 rings (SSSR count). The van der Waals surface area contributed by atoms with E-state index >= 15 is 0 Å². The first-order valence-corrected chi connectivity index (χ1v) is 9.53. The van der Waals surface area contributed by atoms with Crippen LogP contribution in [-0.2, 0) is 11.2 Å². The Morgan fingerprint density at radius 3 is 2.54 bits per heavy atom. The van der Waals surface area contributed by atoms with Crippen molar-refractivity contribution < 1.29 is 9.18 Å². The lowest BCUT2D eigenvalue weighted by molar-refractivity contribution is -0.119. The van der Waals surface area contributed by atoms with Crippen molar-refractivity contribution in [1.82, 2.24) is 9.78 Å². The number of carbonyl (C=O) groups is 1. The van der Waals surface area contributed by atoms with Gasteiger partial charge in [0.05, 0.1) is 5.69 Å². The zero-order valence-corrected chi connectivity index (χ0v) is 17.0. The van der Waals surface area contributed by atoms with Gasteiger partial charge in [-0.05, 0) is 55.8 Å². The molecule has 0 fully saturated rings. The lowest BCUT2D eigenvalue weighted by Crippen LogP contribution is -2.35. The molecule has 28 heavy (non-hydrogen) atoms. The highest BCUT2D eigenvalue weighted by Crippen LogP contribution is 2.16. The summed E-state index contributed by atoms with van der Waals surface area (Å²) in [7, 11) is 0.